The van der Waals surface area contributed by atoms with E-state index in [0.29, 0.717) is 6.42 Å². The van der Waals surface area contributed by atoms with Gasteiger partial charge in [-0.15, -0.1) is 0 Å². The van der Waals surface area contributed by atoms with Crippen LogP contribution >= 0.6 is 22.6 Å². The number of halogens is 1. The van der Waals surface area contributed by atoms with Gasteiger partial charge in [-0.25, -0.2) is 0 Å². The summed E-state index contributed by atoms with van der Waals surface area (Å²) < 4.78 is 1.21. The molecular weight excluding hydrogens is 315 g/mol. The van der Waals surface area contributed by atoms with Crippen LogP contribution in [0.15, 0.2) is 24.3 Å². The maximum atomic E-state index is 11.4. The van der Waals surface area contributed by atoms with Gasteiger partial charge in [0.05, 0.1) is 0 Å². The number of benzene rings is 1. The Hall–Kier alpha value is -0.780. The van der Waals surface area contributed by atoms with Crippen LogP contribution in [0.1, 0.15) is 19.3 Å². The molecule has 1 aromatic carbocycles. The number of amides is 1. The van der Waals surface area contributed by atoms with E-state index in [1.165, 1.54) is 3.57 Å². The molecule has 1 atom stereocenters. The van der Waals surface area contributed by atoms with Gasteiger partial charge >= 0.3 is 0 Å². The van der Waals surface area contributed by atoms with Crippen molar-refractivity contribution >= 4 is 34.2 Å². The summed E-state index contributed by atoms with van der Waals surface area (Å²) in [5, 5.41) is 6.32. The van der Waals surface area contributed by atoms with Gasteiger partial charge in [-0.1, -0.05) is 6.07 Å². The zero-order valence-corrected chi connectivity index (χ0v) is 11.2. The molecule has 1 amide bonds. The molecule has 0 spiro atoms. The molecule has 0 saturated carbocycles. The summed E-state index contributed by atoms with van der Waals surface area (Å²) in [4.78, 5) is 11.4. The van der Waals surface area contributed by atoms with Crippen molar-refractivity contribution in [1.29, 1.82) is 0 Å². The largest absolute Gasteiger partial charge is 0.382 e. The number of hydrogen-bond donors (Lipinski definition) is 2. The monoisotopic (exact) mass is 330 g/mol. The van der Waals surface area contributed by atoms with Crippen LogP contribution in [-0.2, 0) is 4.79 Å². The van der Waals surface area contributed by atoms with Gasteiger partial charge in [0.25, 0.3) is 0 Å². The highest BCUT2D eigenvalue weighted by Crippen LogP contribution is 2.17. The van der Waals surface area contributed by atoms with Gasteiger partial charge in [0.15, 0.2) is 0 Å². The Labute approximate surface area is 109 Å². The van der Waals surface area contributed by atoms with E-state index in [2.05, 4.69) is 45.4 Å². The van der Waals surface area contributed by atoms with Gasteiger partial charge in [-0.3, -0.25) is 4.79 Å². The van der Waals surface area contributed by atoms with Crippen molar-refractivity contribution in [1.82, 2.24) is 5.32 Å². The highest BCUT2D eigenvalue weighted by Gasteiger charge is 2.16. The third-order valence-electron chi connectivity index (χ3n) is 2.68. The third-order valence-corrected chi connectivity index (χ3v) is 3.35. The van der Waals surface area contributed by atoms with Crippen molar-refractivity contribution in [3.63, 3.8) is 0 Å². The van der Waals surface area contributed by atoms with E-state index in [1.54, 1.807) is 0 Å². The fourth-order valence-corrected chi connectivity index (χ4v) is 2.45. The van der Waals surface area contributed by atoms with E-state index in [-0.39, 0.29) is 11.9 Å². The van der Waals surface area contributed by atoms with Crippen LogP contribution in [0.4, 0.5) is 5.69 Å². The summed E-state index contributed by atoms with van der Waals surface area (Å²) in [5.74, 6) is 0.153. The lowest BCUT2D eigenvalue weighted by molar-refractivity contribution is -0.120. The SMILES string of the molecule is O=C1CC(Nc2cccc(I)c2)CCCN1. The average molecular weight is 330 g/mol. The first-order valence-corrected chi connectivity index (χ1v) is 6.61. The lowest BCUT2D eigenvalue weighted by Gasteiger charge is -2.16. The number of hydrogen-bond acceptors (Lipinski definition) is 2. The highest BCUT2D eigenvalue weighted by atomic mass is 127. The first-order valence-electron chi connectivity index (χ1n) is 5.53. The van der Waals surface area contributed by atoms with Crippen molar-refractivity contribution < 1.29 is 4.79 Å². The fraction of sp³-hybridized carbons (Fsp3) is 0.417. The second-order valence-corrected chi connectivity index (χ2v) is 5.29. The van der Waals surface area contributed by atoms with Crippen LogP contribution in [0.3, 0.4) is 0 Å². The smallest absolute Gasteiger partial charge is 0.222 e. The molecule has 2 N–H and O–H groups in total. The molecule has 0 bridgehead atoms. The summed E-state index contributed by atoms with van der Waals surface area (Å²) in [6.45, 7) is 0.809. The summed E-state index contributed by atoms with van der Waals surface area (Å²) >= 11 is 2.29. The van der Waals surface area contributed by atoms with Crippen molar-refractivity contribution in [3.8, 4) is 0 Å². The summed E-state index contributed by atoms with van der Waals surface area (Å²) in [6.07, 6.45) is 2.67. The molecule has 1 aliphatic heterocycles. The standard InChI is InChI=1S/C12H15IN2O/c13-9-3-1-4-10(7-9)15-11-5-2-6-14-12(16)8-11/h1,3-4,7,11,15H,2,5-6,8H2,(H,14,16). The minimum atomic E-state index is 0.153. The zero-order chi connectivity index (χ0) is 11.4. The molecule has 1 aliphatic rings. The van der Waals surface area contributed by atoms with Crippen molar-refractivity contribution in [2.75, 3.05) is 11.9 Å². The van der Waals surface area contributed by atoms with Gasteiger partial charge in [-0.05, 0) is 53.6 Å². The van der Waals surface area contributed by atoms with Crippen molar-refractivity contribution in [2.45, 2.75) is 25.3 Å². The van der Waals surface area contributed by atoms with Crippen LogP contribution in [0.25, 0.3) is 0 Å². The number of anilines is 1. The minimum Gasteiger partial charge on any atom is -0.382 e. The lowest BCUT2D eigenvalue weighted by Crippen LogP contribution is -2.26. The van der Waals surface area contributed by atoms with E-state index in [0.717, 1.165) is 25.1 Å². The quantitative estimate of drug-likeness (QED) is 0.818. The van der Waals surface area contributed by atoms with Crippen LogP contribution in [0.2, 0.25) is 0 Å². The molecule has 1 heterocycles. The zero-order valence-electron chi connectivity index (χ0n) is 9.00. The van der Waals surface area contributed by atoms with E-state index in [9.17, 15) is 4.79 Å². The van der Waals surface area contributed by atoms with E-state index in [1.807, 2.05) is 12.1 Å². The molecule has 0 aromatic heterocycles. The van der Waals surface area contributed by atoms with Crippen molar-refractivity contribution in [2.24, 2.45) is 0 Å². The van der Waals surface area contributed by atoms with Crippen LogP contribution in [-0.4, -0.2) is 18.5 Å². The maximum absolute atomic E-state index is 11.4. The molecule has 1 aromatic rings. The molecule has 0 aliphatic carbocycles. The molecule has 1 saturated heterocycles. The molecule has 16 heavy (non-hydrogen) atoms. The Bertz CT molecular complexity index is 381. The fourth-order valence-electron chi connectivity index (χ4n) is 1.91. The molecule has 2 rings (SSSR count). The van der Waals surface area contributed by atoms with E-state index >= 15 is 0 Å². The van der Waals surface area contributed by atoms with Gasteiger partial charge in [0.1, 0.15) is 0 Å². The van der Waals surface area contributed by atoms with Gasteiger partial charge in [-0.2, -0.15) is 0 Å². The number of carbonyl (C=O) groups excluding carboxylic acids is 1. The predicted octanol–water partition coefficient (Wildman–Crippen LogP) is 2.37. The molecule has 86 valence electrons. The number of carbonyl (C=O) groups is 1. The normalized spacial score (nSPS) is 21.1. The highest BCUT2D eigenvalue weighted by molar-refractivity contribution is 14.1. The second-order valence-electron chi connectivity index (χ2n) is 4.05. The maximum Gasteiger partial charge on any atom is 0.222 e. The van der Waals surface area contributed by atoms with Crippen LogP contribution in [0, 0.1) is 3.57 Å². The number of rotatable bonds is 2. The predicted molar refractivity (Wildman–Crippen MR) is 73.4 cm³/mol. The van der Waals surface area contributed by atoms with Gasteiger partial charge in [0.2, 0.25) is 5.91 Å². The Morgan fingerprint density at radius 3 is 3.12 bits per heavy atom. The summed E-state index contributed by atoms with van der Waals surface area (Å²) in [6, 6.07) is 8.50. The molecule has 3 nitrogen and oxygen atoms in total. The molecular formula is C12H15IN2O. The first kappa shape index (κ1) is 11.7. The Morgan fingerprint density at radius 1 is 1.44 bits per heavy atom. The Morgan fingerprint density at radius 2 is 2.31 bits per heavy atom. The van der Waals surface area contributed by atoms with Gasteiger partial charge < -0.3 is 10.6 Å². The average Bonchev–Trinajstić information content (AvgIpc) is 2.43. The van der Waals surface area contributed by atoms with E-state index in [4.69, 9.17) is 0 Å². The van der Waals surface area contributed by atoms with E-state index < -0.39 is 0 Å². The molecule has 1 fully saturated rings. The first-order chi connectivity index (χ1) is 7.74. The van der Waals surface area contributed by atoms with Gasteiger partial charge in [0, 0.05) is 28.3 Å². The third kappa shape index (κ3) is 3.37. The Balaban J connectivity index is 2.00. The minimum absolute atomic E-state index is 0.153. The summed E-state index contributed by atoms with van der Waals surface area (Å²) in [7, 11) is 0. The van der Waals surface area contributed by atoms with Crippen LogP contribution in [0.5, 0.6) is 0 Å². The molecule has 4 heteroatoms. The van der Waals surface area contributed by atoms with Crippen LogP contribution < -0.4 is 10.6 Å². The molecule has 1 unspecified atom stereocenters. The molecule has 0 radical (unpaired) electrons. The Kier molecular flexibility index (Phi) is 4.04. The number of nitrogens with one attached hydrogen (secondary N) is 2. The lowest BCUT2D eigenvalue weighted by atomic mass is 10.1. The second kappa shape index (κ2) is 5.52. The summed E-state index contributed by atoms with van der Waals surface area (Å²) in [5.41, 5.74) is 1.10. The van der Waals surface area contributed by atoms with Crippen molar-refractivity contribution in [3.05, 3.63) is 27.8 Å². The topological polar surface area (TPSA) is 41.1 Å².